The Hall–Kier alpha value is -1.15. The third-order valence-corrected chi connectivity index (χ3v) is 4.46. The van der Waals surface area contributed by atoms with E-state index in [1.54, 1.807) is 0 Å². The highest BCUT2D eigenvalue weighted by atomic mass is 16.5. The summed E-state index contributed by atoms with van der Waals surface area (Å²) in [5.74, 6) is 0.979. The Labute approximate surface area is 122 Å². The van der Waals surface area contributed by atoms with Crippen molar-refractivity contribution in [1.29, 1.82) is 0 Å². The summed E-state index contributed by atoms with van der Waals surface area (Å²) >= 11 is 0. The molecule has 2 rings (SSSR count). The van der Waals surface area contributed by atoms with Gasteiger partial charge in [-0.2, -0.15) is 0 Å². The molecule has 1 fully saturated rings. The molecule has 0 bridgehead atoms. The van der Waals surface area contributed by atoms with Crippen molar-refractivity contribution in [3.63, 3.8) is 0 Å². The maximum absolute atomic E-state index is 12.8. The largest absolute Gasteiger partial charge is 0.367 e. The summed E-state index contributed by atoms with van der Waals surface area (Å²) < 4.78 is 5.93. The third-order valence-electron chi connectivity index (χ3n) is 4.46. The van der Waals surface area contributed by atoms with Gasteiger partial charge in [-0.1, -0.05) is 36.8 Å². The predicted octanol–water partition coefficient (Wildman–Crippen LogP) is 4.09. The van der Waals surface area contributed by atoms with E-state index in [4.69, 9.17) is 4.74 Å². The smallest absolute Gasteiger partial charge is 0.168 e. The fourth-order valence-corrected chi connectivity index (χ4v) is 3.18. The second-order valence-electron chi connectivity index (χ2n) is 6.20. The highest BCUT2D eigenvalue weighted by Crippen LogP contribution is 2.36. The first kappa shape index (κ1) is 15.2. The van der Waals surface area contributed by atoms with Gasteiger partial charge in [-0.05, 0) is 51.0 Å². The van der Waals surface area contributed by atoms with Crippen LogP contribution in [0, 0.1) is 12.8 Å². The summed E-state index contributed by atoms with van der Waals surface area (Å²) in [6.07, 6.45) is 4.45. The maximum atomic E-state index is 12.8. The van der Waals surface area contributed by atoms with E-state index in [-0.39, 0.29) is 5.78 Å². The fourth-order valence-electron chi connectivity index (χ4n) is 3.18. The lowest BCUT2D eigenvalue weighted by Crippen LogP contribution is -2.45. The number of benzene rings is 1. The lowest BCUT2D eigenvalue weighted by Gasteiger charge is -2.38. The Morgan fingerprint density at radius 1 is 1.35 bits per heavy atom. The van der Waals surface area contributed by atoms with Crippen molar-refractivity contribution < 1.29 is 9.53 Å². The molecule has 1 saturated carbocycles. The second-order valence-corrected chi connectivity index (χ2v) is 6.20. The van der Waals surface area contributed by atoms with Crippen molar-refractivity contribution in [2.24, 2.45) is 5.92 Å². The van der Waals surface area contributed by atoms with Crippen LogP contribution in [0.2, 0.25) is 0 Å². The topological polar surface area (TPSA) is 26.3 Å². The van der Waals surface area contributed by atoms with Crippen LogP contribution in [-0.2, 0) is 16.0 Å². The summed E-state index contributed by atoms with van der Waals surface area (Å²) in [5.41, 5.74) is 1.79. The van der Waals surface area contributed by atoms with Crippen LogP contribution >= 0.6 is 0 Å². The average Bonchev–Trinajstić information content (AvgIpc) is 2.42. The van der Waals surface area contributed by atoms with Gasteiger partial charge in [0.05, 0.1) is 0 Å². The van der Waals surface area contributed by atoms with Gasteiger partial charge in [0.15, 0.2) is 5.78 Å². The Morgan fingerprint density at radius 3 is 2.65 bits per heavy atom. The van der Waals surface area contributed by atoms with Crippen molar-refractivity contribution in [3.05, 3.63) is 35.4 Å². The molecule has 2 nitrogen and oxygen atoms in total. The quantitative estimate of drug-likeness (QED) is 0.808. The number of hydrogen-bond acceptors (Lipinski definition) is 2. The lowest BCUT2D eigenvalue weighted by atomic mass is 9.75. The first-order valence-electron chi connectivity index (χ1n) is 7.78. The van der Waals surface area contributed by atoms with Gasteiger partial charge in [0.2, 0.25) is 0 Å². The Kier molecular flexibility index (Phi) is 4.98. The summed E-state index contributed by atoms with van der Waals surface area (Å²) in [7, 11) is 0. The minimum Gasteiger partial charge on any atom is -0.367 e. The second kappa shape index (κ2) is 6.53. The first-order chi connectivity index (χ1) is 9.55. The molecule has 0 atom stereocenters. The molecule has 0 saturated heterocycles. The first-order valence-corrected chi connectivity index (χ1v) is 7.78. The van der Waals surface area contributed by atoms with Gasteiger partial charge in [-0.25, -0.2) is 0 Å². The SMILES string of the molecule is CCOC1(C(=O)Cc2cccc(C)c2)CCC(C)CC1. The van der Waals surface area contributed by atoms with Gasteiger partial charge in [0, 0.05) is 13.0 Å². The monoisotopic (exact) mass is 274 g/mol. The molecule has 0 heterocycles. The predicted molar refractivity (Wildman–Crippen MR) is 81.9 cm³/mol. The molecule has 0 spiro atoms. The van der Waals surface area contributed by atoms with Crippen LogP contribution in [0.3, 0.4) is 0 Å². The number of Topliss-reactive ketones (excluding diaryl/α,β-unsaturated/α-hetero) is 1. The van der Waals surface area contributed by atoms with Crippen molar-refractivity contribution in [2.45, 2.75) is 58.5 Å². The van der Waals surface area contributed by atoms with Crippen LogP contribution in [0.5, 0.6) is 0 Å². The molecule has 110 valence electrons. The molecule has 1 aromatic rings. The standard InChI is InChI=1S/C18H26O2/c1-4-20-18(10-8-14(2)9-11-18)17(19)13-16-7-5-6-15(3)12-16/h5-7,12,14H,4,8-11,13H2,1-3H3. The van der Waals surface area contributed by atoms with E-state index in [9.17, 15) is 4.79 Å². The summed E-state index contributed by atoms with van der Waals surface area (Å²) in [4.78, 5) is 12.8. The van der Waals surface area contributed by atoms with Crippen molar-refractivity contribution in [1.82, 2.24) is 0 Å². The number of hydrogen-bond donors (Lipinski definition) is 0. The van der Waals surface area contributed by atoms with Crippen LogP contribution < -0.4 is 0 Å². The van der Waals surface area contributed by atoms with Gasteiger partial charge in [0.1, 0.15) is 5.60 Å². The molecule has 1 aliphatic rings. The molecule has 0 amide bonds. The Bertz CT molecular complexity index is 456. The number of rotatable bonds is 5. The molecular weight excluding hydrogens is 248 g/mol. The number of carbonyl (C=O) groups excluding carboxylic acids is 1. The highest BCUT2D eigenvalue weighted by Gasteiger charge is 2.41. The van der Waals surface area contributed by atoms with Crippen LogP contribution in [0.25, 0.3) is 0 Å². The zero-order valence-corrected chi connectivity index (χ0v) is 12.9. The van der Waals surface area contributed by atoms with E-state index in [1.807, 2.05) is 19.1 Å². The molecule has 1 aromatic carbocycles. The summed E-state index contributed by atoms with van der Waals surface area (Å²) in [6, 6.07) is 8.22. The Balaban J connectivity index is 2.11. The number of ether oxygens (including phenoxy) is 1. The van der Waals surface area contributed by atoms with Crippen LogP contribution in [0.1, 0.15) is 50.7 Å². The number of aryl methyl sites for hydroxylation is 1. The minimum absolute atomic E-state index is 0.261. The molecule has 1 aliphatic carbocycles. The van der Waals surface area contributed by atoms with Crippen LogP contribution in [0.4, 0.5) is 0 Å². The van der Waals surface area contributed by atoms with Crippen molar-refractivity contribution in [2.75, 3.05) is 6.61 Å². The molecule has 20 heavy (non-hydrogen) atoms. The number of carbonyl (C=O) groups is 1. The van der Waals surface area contributed by atoms with Gasteiger partial charge < -0.3 is 4.74 Å². The molecule has 2 heteroatoms. The summed E-state index contributed by atoms with van der Waals surface area (Å²) in [5, 5.41) is 0. The maximum Gasteiger partial charge on any atom is 0.168 e. The van der Waals surface area contributed by atoms with E-state index in [0.29, 0.717) is 13.0 Å². The lowest BCUT2D eigenvalue weighted by molar-refractivity contribution is -0.149. The molecule has 0 aromatic heterocycles. The van der Waals surface area contributed by atoms with Crippen molar-refractivity contribution in [3.8, 4) is 0 Å². The summed E-state index contributed by atoms with van der Waals surface area (Å²) in [6.45, 7) is 6.93. The van der Waals surface area contributed by atoms with E-state index >= 15 is 0 Å². The molecule has 0 radical (unpaired) electrons. The van der Waals surface area contributed by atoms with Gasteiger partial charge >= 0.3 is 0 Å². The number of ketones is 1. The zero-order chi connectivity index (χ0) is 14.6. The van der Waals surface area contributed by atoms with Gasteiger partial charge in [0.25, 0.3) is 0 Å². The van der Waals surface area contributed by atoms with Crippen LogP contribution in [-0.4, -0.2) is 18.0 Å². The van der Waals surface area contributed by atoms with Crippen LogP contribution in [0.15, 0.2) is 24.3 Å². The normalized spacial score (nSPS) is 26.4. The van der Waals surface area contributed by atoms with E-state index in [0.717, 1.165) is 37.2 Å². The fraction of sp³-hybridized carbons (Fsp3) is 0.611. The van der Waals surface area contributed by atoms with E-state index in [2.05, 4.69) is 26.0 Å². The highest BCUT2D eigenvalue weighted by molar-refractivity contribution is 5.89. The molecule has 0 N–H and O–H groups in total. The molecule has 0 aliphatic heterocycles. The van der Waals surface area contributed by atoms with E-state index in [1.165, 1.54) is 5.56 Å². The minimum atomic E-state index is -0.523. The third kappa shape index (κ3) is 3.49. The van der Waals surface area contributed by atoms with Gasteiger partial charge in [-0.3, -0.25) is 4.79 Å². The van der Waals surface area contributed by atoms with Crippen molar-refractivity contribution >= 4 is 5.78 Å². The average molecular weight is 274 g/mol. The zero-order valence-electron chi connectivity index (χ0n) is 12.9. The molecule has 0 unspecified atom stereocenters. The Morgan fingerprint density at radius 2 is 2.05 bits per heavy atom. The molecular formula is C18H26O2. The van der Waals surface area contributed by atoms with Gasteiger partial charge in [-0.15, -0.1) is 0 Å². The van der Waals surface area contributed by atoms with E-state index < -0.39 is 5.60 Å².